The molecule has 0 saturated carbocycles. The van der Waals surface area contributed by atoms with Gasteiger partial charge in [-0.15, -0.1) is 11.8 Å². The number of nitrogens with one attached hydrogen (secondary N) is 2. The predicted molar refractivity (Wildman–Crippen MR) is 116 cm³/mol. The molecule has 0 aromatic heterocycles. The number of rotatable bonds is 7. The Bertz CT molecular complexity index is 1050. The van der Waals surface area contributed by atoms with Crippen molar-refractivity contribution in [2.45, 2.75) is 29.7 Å². The van der Waals surface area contributed by atoms with Crippen LogP contribution < -0.4 is 15.4 Å². The number of hydrogen-bond donors (Lipinski definition) is 2. The largest absolute Gasteiger partial charge is 0.497 e. The Hall–Kier alpha value is -2.52. The lowest BCUT2D eigenvalue weighted by Crippen LogP contribution is -2.25. The van der Waals surface area contributed by atoms with E-state index >= 15 is 0 Å². The molecule has 7 nitrogen and oxygen atoms in total. The first kappa shape index (κ1) is 22.2. The summed E-state index contributed by atoms with van der Waals surface area (Å²) < 4.78 is 30.5. The Kier molecular flexibility index (Phi) is 7.04. The Balaban J connectivity index is 1.60. The Morgan fingerprint density at radius 2 is 2.07 bits per heavy atom. The average molecular weight is 449 g/mol. The zero-order valence-corrected chi connectivity index (χ0v) is 18.4. The van der Waals surface area contributed by atoms with Crippen molar-refractivity contribution in [3.05, 3.63) is 48.0 Å². The molecule has 1 aliphatic heterocycles. The lowest BCUT2D eigenvalue weighted by molar-refractivity contribution is -0.121. The topological polar surface area (TPSA) is 102 Å². The van der Waals surface area contributed by atoms with Crippen molar-refractivity contribution in [1.29, 1.82) is 0 Å². The normalized spacial score (nSPS) is 16.2. The number of hydrogen-bond acceptors (Lipinski definition) is 6. The second kappa shape index (κ2) is 9.53. The molecule has 0 saturated heterocycles. The molecule has 2 aromatic rings. The molecule has 0 fully saturated rings. The smallest absolute Gasteiger partial charge is 0.228 e. The first-order valence-corrected chi connectivity index (χ1v) is 12.1. The van der Waals surface area contributed by atoms with E-state index in [4.69, 9.17) is 4.74 Å². The third kappa shape index (κ3) is 5.54. The summed E-state index contributed by atoms with van der Waals surface area (Å²) in [6.45, 7) is 2.12. The Morgan fingerprint density at radius 3 is 2.83 bits per heavy atom. The van der Waals surface area contributed by atoms with Gasteiger partial charge in [-0.25, -0.2) is 8.42 Å². The van der Waals surface area contributed by atoms with E-state index in [0.717, 1.165) is 10.5 Å². The van der Waals surface area contributed by atoms with Crippen LogP contribution in [-0.4, -0.2) is 38.8 Å². The van der Waals surface area contributed by atoms with E-state index in [1.165, 1.54) is 23.9 Å². The van der Waals surface area contributed by atoms with Crippen LogP contribution in [-0.2, 0) is 26.0 Å². The van der Waals surface area contributed by atoms with E-state index in [0.29, 0.717) is 17.2 Å². The molecule has 1 atom stereocenters. The lowest BCUT2D eigenvalue weighted by Gasteiger charge is -2.10. The van der Waals surface area contributed by atoms with Gasteiger partial charge in [-0.05, 0) is 35.9 Å². The van der Waals surface area contributed by atoms with Crippen LogP contribution in [0.2, 0.25) is 0 Å². The van der Waals surface area contributed by atoms with E-state index in [1.807, 2.05) is 19.1 Å². The quantitative estimate of drug-likeness (QED) is 0.675. The van der Waals surface area contributed by atoms with Crippen molar-refractivity contribution in [1.82, 2.24) is 5.32 Å². The van der Waals surface area contributed by atoms with Crippen molar-refractivity contribution in [3.63, 3.8) is 0 Å². The highest BCUT2D eigenvalue weighted by Gasteiger charge is 2.23. The van der Waals surface area contributed by atoms with Gasteiger partial charge in [0.2, 0.25) is 11.8 Å². The number of amides is 2. The fraction of sp³-hybridized carbons (Fsp3) is 0.333. The molecule has 9 heteroatoms. The minimum Gasteiger partial charge on any atom is -0.497 e. The zero-order valence-electron chi connectivity index (χ0n) is 16.8. The SMILES string of the molecule is COc1cccc(CNC(=O)CCS(=O)(=O)c2ccc3c(c2)NC(=O)[C@H](C)CS3)c1. The zero-order chi connectivity index (χ0) is 21.7. The first-order chi connectivity index (χ1) is 14.3. The summed E-state index contributed by atoms with van der Waals surface area (Å²) >= 11 is 1.51. The molecule has 1 heterocycles. The summed E-state index contributed by atoms with van der Waals surface area (Å²) in [7, 11) is -2.10. The molecule has 30 heavy (non-hydrogen) atoms. The van der Waals surface area contributed by atoms with Crippen molar-refractivity contribution < 1.29 is 22.7 Å². The summed E-state index contributed by atoms with van der Waals surface area (Å²) in [6, 6.07) is 12.0. The Labute approximate surface area is 180 Å². The van der Waals surface area contributed by atoms with Crippen LogP contribution in [0.5, 0.6) is 5.75 Å². The van der Waals surface area contributed by atoms with Gasteiger partial charge < -0.3 is 15.4 Å². The second-order valence-electron chi connectivity index (χ2n) is 7.06. The summed E-state index contributed by atoms with van der Waals surface area (Å²) in [6.07, 6.45) is -0.151. The summed E-state index contributed by atoms with van der Waals surface area (Å²) in [4.78, 5) is 25.1. The van der Waals surface area contributed by atoms with Crippen LogP contribution in [0.25, 0.3) is 0 Å². The van der Waals surface area contributed by atoms with Crippen LogP contribution in [0.4, 0.5) is 5.69 Å². The van der Waals surface area contributed by atoms with Crippen molar-refractivity contribution in [2.24, 2.45) is 5.92 Å². The maximum Gasteiger partial charge on any atom is 0.228 e. The Morgan fingerprint density at radius 1 is 1.27 bits per heavy atom. The van der Waals surface area contributed by atoms with Gasteiger partial charge in [0.1, 0.15) is 5.75 Å². The van der Waals surface area contributed by atoms with E-state index in [2.05, 4.69) is 10.6 Å². The standard InChI is InChI=1S/C21H24N2O5S2/c1-14-13-29-19-7-6-17(11-18(19)23-21(14)25)30(26,27)9-8-20(24)22-12-15-4-3-5-16(10-15)28-2/h3-7,10-11,14H,8-9,12-13H2,1-2H3,(H,22,24)(H,23,25)/t14-/m1/s1. The fourth-order valence-electron chi connectivity index (χ4n) is 2.89. The molecular weight excluding hydrogens is 424 g/mol. The van der Waals surface area contributed by atoms with E-state index < -0.39 is 9.84 Å². The van der Waals surface area contributed by atoms with Gasteiger partial charge in [0.15, 0.2) is 9.84 Å². The maximum atomic E-state index is 12.7. The summed E-state index contributed by atoms with van der Waals surface area (Å²) in [5, 5.41) is 5.51. The minimum absolute atomic E-state index is 0.0947. The van der Waals surface area contributed by atoms with Crippen molar-refractivity contribution in [3.8, 4) is 5.75 Å². The van der Waals surface area contributed by atoms with Gasteiger partial charge in [0, 0.05) is 29.5 Å². The van der Waals surface area contributed by atoms with Crippen molar-refractivity contribution in [2.75, 3.05) is 23.9 Å². The van der Waals surface area contributed by atoms with Crippen LogP contribution in [0.1, 0.15) is 18.9 Å². The highest BCUT2D eigenvalue weighted by atomic mass is 32.2. The second-order valence-corrected chi connectivity index (χ2v) is 10.2. The molecule has 0 radical (unpaired) electrons. The summed E-state index contributed by atoms with van der Waals surface area (Å²) in [5.74, 6) is 0.371. The van der Waals surface area contributed by atoms with Crippen LogP contribution in [0.3, 0.4) is 0 Å². The molecule has 2 N–H and O–H groups in total. The fourth-order valence-corrected chi connectivity index (χ4v) is 5.16. The molecule has 160 valence electrons. The van der Waals surface area contributed by atoms with Gasteiger partial charge in [-0.3, -0.25) is 9.59 Å². The molecule has 1 aliphatic rings. The van der Waals surface area contributed by atoms with Gasteiger partial charge in [-0.2, -0.15) is 0 Å². The number of anilines is 1. The molecular formula is C21H24N2O5S2. The minimum atomic E-state index is -3.67. The first-order valence-electron chi connectivity index (χ1n) is 9.48. The number of fused-ring (bicyclic) bond motifs is 1. The van der Waals surface area contributed by atoms with Gasteiger partial charge >= 0.3 is 0 Å². The third-order valence-electron chi connectivity index (χ3n) is 4.73. The third-order valence-corrected chi connectivity index (χ3v) is 7.77. The van der Waals surface area contributed by atoms with E-state index in [9.17, 15) is 18.0 Å². The highest BCUT2D eigenvalue weighted by Crippen LogP contribution is 2.34. The number of benzene rings is 2. The number of methoxy groups -OCH3 is 1. The van der Waals surface area contributed by atoms with Gasteiger partial charge in [0.05, 0.1) is 23.4 Å². The molecule has 2 aromatic carbocycles. The predicted octanol–water partition coefficient (Wildman–Crippen LogP) is 2.86. The molecule has 2 amide bonds. The molecule has 0 spiro atoms. The number of carbonyl (C=O) groups is 2. The summed E-state index contributed by atoms with van der Waals surface area (Å²) in [5.41, 5.74) is 1.36. The number of sulfone groups is 1. The molecule has 0 aliphatic carbocycles. The highest BCUT2D eigenvalue weighted by molar-refractivity contribution is 7.99. The van der Waals surface area contributed by atoms with Crippen LogP contribution in [0.15, 0.2) is 52.3 Å². The van der Waals surface area contributed by atoms with Crippen molar-refractivity contribution >= 4 is 39.1 Å². The van der Waals surface area contributed by atoms with Crippen LogP contribution >= 0.6 is 11.8 Å². The molecule has 0 unspecified atom stereocenters. The molecule has 0 bridgehead atoms. The van der Waals surface area contributed by atoms with Gasteiger partial charge in [0.25, 0.3) is 0 Å². The monoisotopic (exact) mass is 448 g/mol. The number of thioether (sulfide) groups is 1. The molecule has 3 rings (SSSR count). The van der Waals surface area contributed by atoms with Gasteiger partial charge in [-0.1, -0.05) is 19.1 Å². The average Bonchev–Trinajstić information content (AvgIpc) is 2.88. The maximum absolute atomic E-state index is 12.7. The van der Waals surface area contributed by atoms with Crippen LogP contribution in [0, 0.1) is 5.92 Å². The lowest BCUT2D eigenvalue weighted by atomic mass is 10.2. The van der Waals surface area contributed by atoms with E-state index in [-0.39, 0.29) is 41.3 Å². The van der Waals surface area contributed by atoms with E-state index in [1.54, 1.807) is 25.3 Å². The number of carbonyl (C=O) groups excluding carboxylic acids is 2. The number of ether oxygens (including phenoxy) is 1.